The van der Waals surface area contributed by atoms with Crippen LogP contribution in [0.3, 0.4) is 0 Å². The number of hydrogen-bond acceptors (Lipinski definition) is 2. The van der Waals surface area contributed by atoms with Gasteiger partial charge in [0.25, 0.3) is 0 Å². The second kappa shape index (κ2) is 7.55. The molecule has 0 aromatic rings. The third-order valence-corrected chi connectivity index (χ3v) is 9.24. The Labute approximate surface area is 131 Å². The molecule has 3 heteroatoms. The Morgan fingerprint density at radius 3 is 2.62 bits per heavy atom. The van der Waals surface area contributed by atoms with Crippen molar-refractivity contribution in [3.63, 3.8) is 0 Å². The molecule has 21 heavy (non-hydrogen) atoms. The van der Waals surface area contributed by atoms with Crippen molar-refractivity contribution in [3.05, 3.63) is 24.3 Å². The number of unbranched alkanes of at least 4 members (excludes halogenated alkanes) is 1. The van der Waals surface area contributed by atoms with Crippen LogP contribution in [-0.2, 0) is 9.22 Å². The highest BCUT2D eigenvalue weighted by atomic mass is 28.4. The maximum Gasteiger partial charge on any atom is 0.192 e. The van der Waals surface area contributed by atoms with E-state index in [0.717, 1.165) is 19.3 Å². The normalized spacial score (nSPS) is 21.4. The molecule has 1 rings (SSSR count). The summed E-state index contributed by atoms with van der Waals surface area (Å²) in [6.45, 7) is 13.7. The highest BCUT2D eigenvalue weighted by Gasteiger charge is 2.38. The molecule has 0 N–H and O–H groups in total. The van der Waals surface area contributed by atoms with Crippen molar-refractivity contribution in [1.29, 1.82) is 0 Å². The fraction of sp³-hybridized carbons (Fsp3) is 0.722. The van der Waals surface area contributed by atoms with Crippen molar-refractivity contribution >= 4 is 14.1 Å². The van der Waals surface area contributed by atoms with Gasteiger partial charge in [-0.05, 0) is 50.4 Å². The Morgan fingerprint density at radius 2 is 2.10 bits per heavy atom. The smallest absolute Gasteiger partial charge is 0.192 e. The van der Waals surface area contributed by atoms with Crippen molar-refractivity contribution in [2.75, 3.05) is 0 Å². The van der Waals surface area contributed by atoms with E-state index in [0.29, 0.717) is 18.4 Å². The Morgan fingerprint density at radius 1 is 1.43 bits per heavy atom. The second-order valence-corrected chi connectivity index (χ2v) is 12.5. The molecule has 0 spiro atoms. The van der Waals surface area contributed by atoms with Gasteiger partial charge in [0.15, 0.2) is 14.1 Å². The number of rotatable bonds is 7. The minimum Gasteiger partial charge on any atom is -0.414 e. The number of hydrogen-bond donors (Lipinski definition) is 0. The molecule has 1 aliphatic carbocycles. The SMILES string of the molecule is C[C@@H](CCC/C=C/[C@H]1C=CC(=O)C1)O[Si](C)(C)C(C)(C)C. The van der Waals surface area contributed by atoms with E-state index in [9.17, 15) is 4.79 Å². The Bertz CT molecular complexity index is 402. The standard InChI is InChI=1S/C18H32O2Si/c1-15(20-21(5,6)18(2,3)4)10-8-7-9-11-16-12-13-17(19)14-16/h9,11-13,15-16H,7-8,10,14H2,1-6H3/b11-9+/t15-,16-/m0/s1. The van der Waals surface area contributed by atoms with Crippen LogP contribution in [0.25, 0.3) is 0 Å². The van der Waals surface area contributed by atoms with Crippen molar-refractivity contribution in [2.45, 2.75) is 77.6 Å². The van der Waals surface area contributed by atoms with Gasteiger partial charge in [-0.3, -0.25) is 4.79 Å². The monoisotopic (exact) mass is 308 g/mol. The Hall–Kier alpha value is -0.673. The van der Waals surface area contributed by atoms with Gasteiger partial charge >= 0.3 is 0 Å². The molecule has 0 amide bonds. The van der Waals surface area contributed by atoms with Crippen molar-refractivity contribution in [1.82, 2.24) is 0 Å². The lowest BCUT2D eigenvalue weighted by Crippen LogP contribution is -2.43. The first kappa shape index (κ1) is 18.4. The van der Waals surface area contributed by atoms with E-state index in [1.165, 1.54) is 0 Å². The molecule has 0 aromatic carbocycles. The van der Waals surface area contributed by atoms with Gasteiger partial charge in [-0.25, -0.2) is 0 Å². The topological polar surface area (TPSA) is 26.3 Å². The van der Waals surface area contributed by atoms with Crippen LogP contribution in [-0.4, -0.2) is 20.2 Å². The number of ketones is 1. The molecule has 0 bridgehead atoms. The van der Waals surface area contributed by atoms with Crippen LogP contribution in [0, 0.1) is 5.92 Å². The summed E-state index contributed by atoms with van der Waals surface area (Å²) in [6, 6.07) is 0. The van der Waals surface area contributed by atoms with Crippen LogP contribution in [0.4, 0.5) is 0 Å². The molecule has 0 aliphatic heterocycles. The summed E-state index contributed by atoms with van der Waals surface area (Å²) in [7, 11) is -1.63. The number of allylic oxidation sites excluding steroid dienone is 4. The Kier molecular flexibility index (Phi) is 6.60. The fourth-order valence-corrected chi connectivity index (χ4v) is 3.74. The quantitative estimate of drug-likeness (QED) is 0.364. The van der Waals surface area contributed by atoms with E-state index >= 15 is 0 Å². The summed E-state index contributed by atoms with van der Waals surface area (Å²) in [4.78, 5) is 11.1. The van der Waals surface area contributed by atoms with E-state index in [1.807, 2.05) is 6.08 Å². The Balaban J connectivity index is 2.22. The van der Waals surface area contributed by atoms with Gasteiger partial charge in [0.05, 0.1) is 0 Å². The van der Waals surface area contributed by atoms with Crippen molar-refractivity contribution in [3.8, 4) is 0 Å². The van der Waals surface area contributed by atoms with Gasteiger partial charge in [0, 0.05) is 18.4 Å². The highest BCUT2D eigenvalue weighted by molar-refractivity contribution is 6.74. The van der Waals surface area contributed by atoms with Gasteiger partial charge in [-0.1, -0.05) is 39.0 Å². The largest absolute Gasteiger partial charge is 0.414 e. The van der Waals surface area contributed by atoms with Crippen molar-refractivity contribution < 1.29 is 9.22 Å². The molecule has 0 aromatic heterocycles. The zero-order chi connectivity index (χ0) is 16.1. The van der Waals surface area contributed by atoms with Crippen LogP contribution < -0.4 is 0 Å². The molecule has 0 saturated heterocycles. The maximum absolute atomic E-state index is 11.1. The number of carbonyl (C=O) groups excluding carboxylic acids is 1. The van der Waals surface area contributed by atoms with E-state index in [-0.39, 0.29) is 10.8 Å². The van der Waals surface area contributed by atoms with Gasteiger partial charge in [-0.2, -0.15) is 0 Å². The minimum absolute atomic E-state index is 0.251. The van der Waals surface area contributed by atoms with Crippen LogP contribution in [0.2, 0.25) is 18.1 Å². The van der Waals surface area contributed by atoms with Gasteiger partial charge in [0.2, 0.25) is 0 Å². The first-order chi connectivity index (χ1) is 9.62. The first-order valence-electron chi connectivity index (χ1n) is 8.17. The lowest BCUT2D eigenvalue weighted by Gasteiger charge is -2.38. The zero-order valence-electron chi connectivity index (χ0n) is 14.6. The van der Waals surface area contributed by atoms with Crippen LogP contribution >= 0.6 is 0 Å². The summed E-state index contributed by atoms with van der Waals surface area (Å²) in [5.41, 5.74) is 0. The molecule has 0 unspecified atom stereocenters. The molecular formula is C18H32O2Si. The predicted molar refractivity (Wildman–Crippen MR) is 93.0 cm³/mol. The highest BCUT2D eigenvalue weighted by Crippen LogP contribution is 2.37. The van der Waals surface area contributed by atoms with Crippen molar-refractivity contribution in [2.24, 2.45) is 5.92 Å². The molecule has 0 radical (unpaired) electrons. The lowest BCUT2D eigenvalue weighted by molar-refractivity contribution is -0.114. The number of carbonyl (C=O) groups is 1. The summed E-state index contributed by atoms with van der Waals surface area (Å²) in [5, 5.41) is 0.280. The molecular weight excluding hydrogens is 276 g/mol. The molecule has 120 valence electrons. The summed E-state index contributed by atoms with van der Waals surface area (Å²) >= 11 is 0. The van der Waals surface area contributed by atoms with E-state index < -0.39 is 8.32 Å². The van der Waals surface area contributed by atoms with E-state index in [2.05, 4.69) is 52.9 Å². The molecule has 0 saturated carbocycles. The third-order valence-electron chi connectivity index (χ3n) is 4.63. The van der Waals surface area contributed by atoms with Crippen LogP contribution in [0.1, 0.15) is 53.4 Å². The molecule has 1 aliphatic rings. The molecule has 0 heterocycles. The zero-order valence-corrected chi connectivity index (χ0v) is 15.6. The molecule has 2 atom stereocenters. The summed E-state index contributed by atoms with van der Waals surface area (Å²) < 4.78 is 6.36. The minimum atomic E-state index is -1.63. The van der Waals surface area contributed by atoms with Gasteiger partial charge in [0.1, 0.15) is 0 Å². The van der Waals surface area contributed by atoms with Gasteiger partial charge < -0.3 is 4.43 Å². The maximum atomic E-state index is 11.1. The van der Waals surface area contributed by atoms with Gasteiger partial charge in [-0.15, -0.1) is 0 Å². The van der Waals surface area contributed by atoms with Crippen LogP contribution in [0.5, 0.6) is 0 Å². The fourth-order valence-electron chi connectivity index (χ4n) is 2.26. The lowest BCUT2D eigenvalue weighted by atomic mass is 10.1. The second-order valence-electron chi connectivity index (χ2n) is 7.74. The average Bonchev–Trinajstić information content (AvgIpc) is 2.72. The first-order valence-corrected chi connectivity index (χ1v) is 11.1. The van der Waals surface area contributed by atoms with E-state index in [1.54, 1.807) is 6.08 Å². The summed E-state index contributed by atoms with van der Waals surface area (Å²) in [5.74, 6) is 0.583. The molecule has 0 fully saturated rings. The molecule has 2 nitrogen and oxygen atoms in total. The van der Waals surface area contributed by atoms with Crippen LogP contribution in [0.15, 0.2) is 24.3 Å². The summed E-state index contributed by atoms with van der Waals surface area (Å²) in [6.07, 6.45) is 12.4. The average molecular weight is 309 g/mol. The van der Waals surface area contributed by atoms with E-state index in [4.69, 9.17) is 4.43 Å². The predicted octanol–water partition coefficient (Wildman–Crippen LogP) is 5.27. The third kappa shape index (κ3) is 6.31.